The molecule has 190 valence electrons. The summed E-state index contributed by atoms with van der Waals surface area (Å²) in [5.41, 5.74) is 0. The third-order valence-electron chi connectivity index (χ3n) is 6.57. The maximum Gasteiger partial charge on any atom is 0.287 e. The van der Waals surface area contributed by atoms with Crippen molar-refractivity contribution in [2.45, 2.75) is 122 Å². The molecule has 0 aromatic heterocycles. The molecule has 5 heteroatoms. The Bertz CT molecular complexity index is 354. The number of halogens is 1. The van der Waals surface area contributed by atoms with Gasteiger partial charge in [-0.25, -0.2) is 0 Å². The van der Waals surface area contributed by atoms with Gasteiger partial charge in [-0.3, -0.25) is 0 Å². The Balaban J connectivity index is 0. The van der Waals surface area contributed by atoms with E-state index in [9.17, 15) is 0 Å². The van der Waals surface area contributed by atoms with Crippen LogP contribution in [-0.2, 0) is 14.2 Å². The Morgan fingerprint density at radius 1 is 0.516 bits per heavy atom. The second-order valence-electron chi connectivity index (χ2n) is 9.73. The first-order valence-corrected chi connectivity index (χ1v) is 12.9. The molecule has 0 aliphatic heterocycles. The fraction of sp³-hybridized carbons (Fsp3) is 1.00. The molecule has 0 radical (unpaired) electrons. The first-order valence-electron chi connectivity index (χ1n) is 12.9. The van der Waals surface area contributed by atoms with E-state index in [1.165, 1.54) is 109 Å². The fourth-order valence-electron chi connectivity index (χ4n) is 4.20. The first kappa shape index (κ1) is 33.3. The third-order valence-corrected chi connectivity index (χ3v) is 6.57. The van der Waals surface area contributed by atoms with Crippen molar-refractivity contribution in [1.82, 2.24) is 0 Å². The molecule has 0 N–H and O–H groups in total. The highest BCUT2D eigenvalue weighted by molar-refractivity contribution is 4.56. The van der Waals surface area contributed by atoms with E-state index in [4.69, 9.17) is 14.2 Å². The summed E-state index contributed by atoms with van der Waals surface area (Å²) in [5, 5.41) is 0. The highest BCUT2D eigenvalue weighted by Crippen LogP contribution is 2.20. The second-order valence-corrected chi connectivity index (χ2v) is 9.73. The molecule has 0 saturated carbocycles. The monoisotopic (exact) mass is 465 g/mol. The van der Waals surface area contributed by atoms with E-state index < -0.39 is 5.97 Å². The Morgan fingerprint density at radius 3 is 1.16 bits per heavy atom. The standard InChI is InChI=1S/C26H56NO3.ClH/c1-7-8-9-10-11-12-13-14-15-16-17-18-19-20-21-22-24-27(2,3)25-23-26(28-4,29-5)30-6;/h7-25H2,1-6H3;1H/q+1;/p-1. The van der Waals surface area contributed by atoms with Crippen LogP contribution >= 0.6 is 0 Å². The van der Waals surface area contributed by atoms with Crippen molar-refractivity contribution in [2.75, 3.05) is 48.5 Å². The quantitative estimate of drug-likeness (QED) is 0.128. The van der Waals surface area contributed by atoms with Gasteiger partial charge in [-0.1, -0.05) is 96.8 Å². The average Bonchev–Trinajstić information content (AvgIpc) is 2.75. The van der Waals surface area contributed by atoms with Gasteiger partial charge in [0.1, 0.15) is 0 Å². The van der Waals surface area contributed by atoms with E-state index in [1.807, 2.05) is 0 Å². The van der Waals surface area contributed by atoms with E-state index >= 15 is 0 Å². The topological polar surface area (TPSA) is 27.7 Å². The number of nitrogens with zero attached hydrogens (tertiary/aromatic N) is 1. The summed E-state index contributed by atoms with van der Waals surface area (Å²) < 4.78 is 17.2. The molecule has 0 aliphatic carbocycles. The van der Waals surface area contributed by atoms with Gasteiger partial charge in [-0.15, -0.1) is 0 Å². The first-order chi connectivity index (χ1) is 14.4. The number of unbranched alkanes of at least 4 members (excludes halogenated alkanes) is 15. The Labute approximate surface area is 201 Å². The van der Waals surface area contributed by atoms with Gasteiger partial charge in [0, 0.05) is 21.3 Å². The Morgan fingerprint density at radius 2 is 0.839 bits per heavy atom. The summed E-state index contributed by atoms with van der Waals surface area (Å²) in [4.78, 5) is 0. The molecule has 0 bridgehead atoms. The normalized spacial score (nSPS) is 12.2. The smallest absolute Gasteiger partial charge is 0.287 e. The van der Waals surface area contributed by atoms with Gasteiger partial charge in [-0.05, 0) is 12.8 Å². The largest absolute Gasteiger partial charge is 1.00 e. The fourth-order valence-corrected chi connectivity index (χ4v) is 4.20. The van der Waals surface area contributed by atoms with Crippen molar-refractivity contribution in [3.63, 3.8) is 0 Å². The lowest BCUT2D eigenvalue weighted by Crippen LogP contribution is -3.00. The number of hydrogen-bond donors (Lipinski definition) is 0. The molecule has 4 nitrogen and oxygen atoms in total. The van der Waals surface area contributed by atoms with Crippen LogP contribution in [0.4, 0.5) is 0 Å². The zero-order valence-electron chi connectivity index (χ0n) is 22.0. The van der Waals surface area contributed by atoms with E-state index in [1.54, 1.807) is 21.3 Å². The zero-order chi connectivity index (χ0) is 22.6. The third kappa shape index (κ3) is 19.3. The average molecular weight is 466 g/mol. The highest BCUT2D eigenvalue weighted by Gasteiger charge is 2.32. The predicted octanol–water partition coefficient (Wildman–Crippen LogP) is 4.31. The minimum absolute atomic E-state index is 0. The van der Waals surface area contributed by atoms with Gasteiger partial charge >= 0.3 is 0 Å². The van der Waals surface area contributed by atoms with Crippen molar-refractivity contribution in [1.29, 1.82) is 0 Å². The number of rotatable bonds is 23. The minimum atomic E-state index is -0.899. The summed E-state index contributed by atoms with van der Waals surface area (Å²) in [7, 11) is 9.50. The van der Waals surface area contributed by atoms with Gasteiger partial charge < -0.3 is 31.1 Å². The Hall–Kier alpha value is 0.130. The van der Waals surface area contributed by atoms with Gasteiger partial charge in [0.15, 0.2) is 0 Å². The number of methoxy groups -OCH3 is 3. The predicted molar refractivity (Wildman–Crippen MR) is 130 cm³/mol. The molecule has 31 heavy (non-hydrogen) atoms. The molecule has 0 spiro atoms. The molecule has 0 atom stereocenters. The molecule has 0 aliphatic rings. The summed E-state index contributed by atoms with van der Waals surface area (Å²) in [6, 6.07) is 0. The van der Waals surface area contributed by atoms with Crippen LogP contribution in [0, 0.1) is 0 Å². The van der Waals surface area contributed by atoms with E-state index in [-0.39, 0.29) is 12.4 Å². The van der Waals surface area contributed by atoms with Crippen LogP contribution in [0.5, 0.6) is 0 Å². The summed E-state index contributed by atoms with van der Waals surface area (Å²) in [6.45, 7) is 4.47. The van der Waals surface area contributed by atoms with Crippen molar-refractivity contribution in [2.24, 2.45) is 0 Å². The summed E-state index contributed by atoms with van der Waals surface area (Å²) in [6.07, 6.45) is 23.5. The van der Waals surface area contributed by atoms with Crippen LogP contribution in [0.1, 0.15) is 116 Å². The van der Waals surface area contributed by atoms with Gasteiger partial charge in [0.25, 0.3) is 5.97 Å². The van der Waals surface area contributed by atoms with Crippen molar-refractivity contribution >= 4 is 0 Å². The molecule has 0 saturated heterocycles. The van der Waals surface area contributed by atoms with Crippen LogP contribution in [-0.4, -0.2) is 59.0 Å². The lowest BCUT2D eigenvalue weighted by atomic mass is 10.0. The zero-order valence-corrected chi connectivity index (χ0v) is 22.7. The van der Waals surface area contributed by atoms with Crippen molar-refractivity contribution < 1.29 is 31.1 Å². The maximum absolute atomic E-state index is 5.41. The Kier molecular flexibility index (Phi) is 23.6. The summed E-state index contributed by atoms with van der Waals surface area (Å²) >= 11 is 0. The molecular formula is C26H56ClNO3. The molecule has 0 rings (SSSR count). The van der Waals surface area contributed by atoms with E-state index in [2.05, 4.69) is 21.0 Å². The minimum Gasteiger partial charge on any atom is -1.00 e. The SMILES string of the molecule is CCCCCCCCCCCCCCCCCC[N+](C)(C)CCC(OC)(OC)OC.[Cl-]. The lowest BCUT2D eigenvalue weighted by Gasteiger charge is -2.35. The molecular weight excluding hydrogens is 410 g/mol. The van der Waals surface area contributed by atoms with Crippen LogP contribution in [0.3, 0.4) is 0 Å². The van der Waals surface area contributed by atoms with Crippen LogP contribution < -0.4 is 12.4 Å². The molecule has 0 aromatic carbocycles. The van der Waals surface area contributed by atoms with Crippen molar-refractivity contribution in [3.05, 3.63) is 0 Å². The number of ether oxygens (including phenoxy) is 3. The number of quaternary nitrogens is 1. The maximum atomic E-state index is 5.41. The molecule has 0 aromatic rings. The molecule has 0 amide bonds. The van der Waals surface area contributed by atoms with Gasteiger partial charge in [0.2, 0.25) is 0 Å². The van der Waals surface area contributed by atoms with E-state index in [0.29, 0.717) is 0 Å². The van der Waals surface area contributed by atoms with Crippen molar-refractivity contribution in [3.8, 4) is 0 Å². The number of hydrogen-bond acceptors (Lipinski definition) is 3. The molecule has 0 unspecified atom stereocenters. The van der Waals surface area contributed by atoms with Crippen LogP contribution in [0.2, 0.25) is 0 Å². The lowest BCUT2D eigenvalue weighted by molar-refractivity contribution is -0.892. The second kappa shape index (κ2) is 21.9. The molecule has 0 fully saturated rings. The van der Waals surface area contributed by atoms with Gasteiger partial charge in [0.05, 0.1) is 33.6 Å². The summed E-state index contributed by atoms with van der Waals surface area (Å²) in [5.74, 6) is -0.899. The van der Waals surface area contributed by atoms with E-state index in [0.717, 1.165) is 17.4 Å². The molecule has 0 heterocycles. The van der Waals surface area contributed by atoms with Crippen LogP contribution in [0.15, 0.2) is 0 Å². The van der Waals surface area contributed by atoms with Crippen LogP contribution in [0.25, 0.3) is 0 Å². The highest BCUT2D eigenvalue weighted by atomic mass is 35.5. The van der Waals surface area contributed by atoms with Gasteiger partial charge in [-0.2, -0.15) is 0 Å².